The molecule has 1 unspecified atom stereocenters. The maximum Gasteiger partial charge on any atom is 0.159 e. The molecule has 0 amide bonds. The van der Waals surface area contributed by atoms with Gasteiger partial charge in [-0.05, 0) is 38.6 Å². The Hall–Kier alpha value is -1.39. The minimum absolute atomic E-state index is 0.0958. The van der Waals surface area contributed by atoms with E-state index in [2.05, 4.69) is 10.2 Å². The van der Waals surface area contributed by atoms with Gasteiger partial charge in [-0.2, -0.15) is 0 Å². The summed E-state index contributed by atoms with van der Waals surface area (Å²) in [6.07, 6.45) is 1.17. The van der Waals surface area contributed by atoms with Gasteiger partial charge in [0, 0.05) is 36.8 Å². The maximum atomic E-state index is 11.5. The number of carbonyl (C=O) groups is 1. The molecule has 2 rings (SSSR count). The van der Waals surface area contributed by atoms with E-state index >= 15 is 0 Å². The van der Waals surface area contributed by atoms with Crippen LogP contribution in [0, 0.1) is 0 Å². The maximum absolute atomic E-state index is 11.5. The molecule has 1 aliphatic rings. The van der Waals surface area contributed by atoms with Crippen molar-refractivity contribution >= 4 is 5.78 Å². The Bertz CT molecular complexity index is 459. The first-order valence-corrected chi connectivity index (χ1v) is 6.71. The summed E-state index contributed by atoms with van der Waals surface area (Å²) in [7, 11) is 3.68. The number of ketones is 1. The quantitative estimate of drug-likeness (QED) is 0.820. The average molecular weight is 262 g/mol. The van der Waals surface area contributed by atoms with Crippen LogP contribution in [-0.2, 0) is 6.54 Å². The molecule has 0 aliphatic carbocycles. The monoisotopic (exact) mass is 262 g/mol. The number of rotatable bonds is 5. The van der Waals surface area contributed by atoms with E-state index in [-0.39, 0.29) is 5.78 Å². The number of likely N-dealkylation sites (tertiary alicyclic amines) is 1. The smallest absolute Gasteiger partial charge is 0.159 e. The van der Waals surface area contributed by atoms with Crippen LogP contribution in [0.5, 0.6) is 5.75 Å². The Morgan fingerprint density at radius 2 is 2.32 bits per heavy atom. The van der Waals surface area contributed by atoms with Crippen LogP contribution < -0.4 is 10.1 Å². The summed E-state index contributed by atoms with van der Waals surface area (Å²) in [6.45, 7) is 4.56. The van der Waals surface area contributed by atoms with Gasteiger partial charge in [0.25, 0.3) is 0 Å². The van der Waals surface area contributed by atoms with Crippen molar-refractivity contribution in [3.63, 3.8) is 0 Å². The topological polar surface area (TPSA) is 41.6 Å². The molecule has 0 saturated carbocycles. The lowest BCUT2D eigenvalue weighted by atomic mass is 10.1. The van der Waals surface area contributed by atoms with Gasteiger partial charge in [0.15, 0.2) is 5.78 Å². The summed E-state index contributed by atoms with van der Waals surface area (Å²) >= 11 is 0. The van der Waals surface area contributed by atoms with Gasteiger partial charge in [-0.3, -0.25) is 9.69 Å². The number of Topliss-reactive ketones (excluding diaryl/α,β-unsaturated/α-hetero) is 1. The van der Waals surface area contributed by atoms with Crippen molar-refractivity contribution in [3.05, 3.63) is 29.3 Å². The van der Waals surface area contributed by atoms with Crippen molar-refractivity contribution < 1.29 is 9.53 Å². The van der Waals surface area contributed by atoms with Crippen LogP contribution >= 0.6 is 0 Å². The highest BCUT2D eigenvalue weighted by Crippen LogP contribution is 2.23. The number of likely N-dealkylation sites (N-methyl/N-ethyl adjacent to an activating group) is 1. The number of nitrogens with zero attached hydrogens (tertiary/aromatic N) is 1. The molecule has 1 saturated heterocycles. The number of carbonyl (C=O) groups excluding carboxylic acids is 1. The molecule has 1 aromatic carbocycles. The van der Waals surface area contributed by atoms with E-state index in [1.54, 1.807) is 14.0 Å². The third kappa shape index (κ3) is 3.33. The van der Waals surface area contributed by atoms with E-state index in [1.807, 2.05) is 25.2 Å². The molecule has 1 heterocycles. The van der Waals surface area contributed by atoms with Gasteiger partial charge in [0.1, 0.15) is 5.75 Å². The Morgan fingerprint density at radius 1 is 1.53 bits per heavy atom. The number of nitrogens with one attached hydrogen (secondary N) is 1. The SMILES string of the molecule is CNC1CCN(Cc2cc(C(C)=O)ccc2OC)C1. The van der Waals surface area contributed by atoms with Gasteiger partial charge < -0.3 is 10.1 Å². The van der Waals surface area contributed by atoms with Gasteiger partial charge in [-0.25, -0.2) is 0 Å². The van der Waals surface area contributed by atoms with Crippen LogP contribution in [-0.4, -0.2) is 44.0 Å². The Labute approximate surface area is 114 Å². The summed E-state index contributed by atoms with van der Waals surface area (Å²) < 4.78 is 5.39. The number of hydrogen-bond acceptors (Lipinski definition) is 4. The van der Waals surface area contributed by atoms with E-state index < -0.39 is 0 Å². The molecular formula is C15H22N2O2. The summed E-state index contributed by atoms with van der Waals surface area (Å²) in [5.41, 5.74) is 1.84. The zero-order valence-electron chi connectivity index (χ0n) is 11.9. The zero-order valence-corrected chi connectivity index (χ0v) is 11.9. The average Bonchev–Trinajstić information content (AvgIpc) is 2.86. The minimum atomic E-state index is 0.0958. The second-order valence-corrected chi connectivity index (χ2v) is 5.09. The molecule has 0 radical (unpaired) electrons. The molecule has 19 heavy (non-hydrogen) atoms. The van der Waals surface area contributed by atoms with Crippen LogP contribution in [0.4, 0.5) is 0 Å². The lowest BCUT2D eigenvalue weighted by Crippen LogP contribution is -2.29. The summed E-state index contributed by atoms with van der Waals surface area (Å²) in [5.74, 6) is 0.955. The fourth-order valence-corrected chi connectivity index (χ4v) is 2.57. The van der Waals surface area contributed by atoms with E-state index in [9.17, 15) is 4.79 Å². The third-order valence-electron chi connectivity index (χ3n) is 3.76. The molecule has 4 heteroatoms. The van der Waals surface area contributed by atoms with Crippen LogP contribution in [0.25, 0.3) is 0 Å². The second-order valence-electron chi connectivity index (χ2n) is 5.09. The second kappa shape index (κ2) is 6.17. The van der Waals surface area contributed by atoms with Gasteiger partial charge in [0.2, 0.25) is 0 Å². The van der Waals surface area contributed by atoms with E-state index in [0.29, 0.717) is 6.04 Å². The molecule has 1 atom stereocenters. The van der Waals surface area contributed by atoms with E-state index in [0.717, 1.165) is 36.5 Å². The fraction of sp³-hybridized carbons (Fsp3) is 0.533. The molecule has 4 nitrogen and oxygen atoms in total. The largest absolute Gasteiger partial charge is 0.496 e. The molecule has 0 aromatic heterocycles. The number of ether oxygens (including phenoxy) is 1. The van der Waals surface area contributed by atoms with E-state index in [1.165, 1.54) is 6.42 Å². The van der Waals surface area contributed by atoms with Crippen LogP contribution in [0.3, 0.4) is 0 Å². The summed E-state index contributed by atoms with van der Waals surface area (Å²) in [5, 5.41) is 3.31. The summed E-state index contributed by atoms with van der Waals surface area (Å²) in [6, 6.07) is 6.23. The van der Waals surface area contributed by atoms with Gasteiger partial charge in [-0.1, -0.05) is 0 Å². The highest BCUT2D eigenvalue weighted by molar-refractivity contribution is 5.94. The molecular weight excluding hydrogens is 240 g/mol. The molecule has 0 spiro atoms. The normalized spacial score (nSPS) is 19.6. The van der Waals surface area contributed by atoms with Crippen molar-refractivity contribution in [1.29, 1.82) is 0 Å². The standard InChI is InChI=1S/C15H22N2O2/c1-11(18)12-4-5-15(19-3)13(8-12)9-17-7-6-14(10-17)16-2/h4-5,8,14,16H,6-7,9-10H2,1-3H3. The first-order chi connectivity index (χ1) is 9.13. The number of benzene rings is 1. The molecule has 1 fully saturated rings. The molecule has 104 valence electrons. The van der Waals surface area contributed by atoms with Gasteiger partial charge in [0.05, 0.1) is 7.11 Å². The highest BCUT2D eigenvalue weighted by atomic mass is 16.5. The Balaban J connectivity index is 2.14. The predicted octanol–water partition coefficient (Wildman–Crippen LogP) is 1.69. The van der Waals surface area contributed by atoms with Crippen molar-refractivity contribution in [2.75, 3.05) is 27.2 Å². The van der Waals surface area contributed by atoms with Gasteiger partial charge in [-0.15, -0.1) is 0 Å². The Kier molecular flexibility index (Phi) is 4.56. The third-order valence-corrected chi connectivity index (χ3v) is 3.76. The number of methoxy groups -OCH3 is 1. The first-order valence-electron chi connectivity index (χ1n) is 6.71. The molecule has 1 N–H and O–H groups in total. The first kappa shape index (κ1) is 14.0. The zero-order chi connectivity index (χ0) is 13.8. The molecule has 1 aromatic rings. The number of hydrogen-bond donors (Lipinski definition) is 1. The van der Waals surface area contributed by atoms with E-state index in [4.69, 9.17) is 4.74 Å². The van der Waals surface area contributed by atoms with Crippen molar-refractivity contribution in [2.24, 2.45) is 0 Å². The summed E-state index contributed by atoms with van der Waals surface area (Å²) in [4.78, 5) is 13.9. The fourth-order valence-electron chi connectivity index (χ4n) is 2.57. The van der Waals surface area contributed by atoms with Gasteiger partial charge >= 0.3 is 0 Å². The minimum Gasteiger partial charge on any atom is -0.496 e. The van der Waals surface area contributed by atoms with Crippen LogP contribution in [0.15, 0.2) is 18.2 Å². The molecule has 1 aliphatic heterocycles. The lowest BCUT2D eigenvalue weighted by Gasteiger charge is -2.18. The predicted molar refractivity (Wildman–Crippen MR) is 75.7 cm³/mol. The van der Waals surface area contributed by atoms with Crippen molar-refractivity contribution in [3.8, 4) is 5.75 Å². The van der Waals surface area contributed by atoms with Crippen LogP contribution in [0.2, 0.25) is 0 Å². The lowest BCUT2D eigenvalue weighted by molar-refractivity contribution is 0.101. The highest BCUT2D eigenvalue weighted by Gasteiger charge is 2.22. The van der Waals surface area contributed by atoms with Crippen LogP contribution in [0.1, 0.15) is 29.3 Å². The molecule has 0 bridgehead atoms. The Morgan fingerprint density at radius 3 is 2.89 bits per heavy atom. The van der Waals surface area contributed by atoms with Crippen molar-refractivity contribution in [1.82, 2.24) is 10.2 Å². The van der Waals surface area contributed by atoms with Crippen molar-refractivity contribution in [2.45, 2.75) is 25.9 Å².